The van der Waals surface area contributed by atoms with Gasteiger partial charge in [-0.2, -0.15) is 0 Å². The van der Waals surface area contributed by atoms with Crippen LogP contribution in [-0.4, -0.2) is 16.2 Å². The van der Waals surface area contributed by atoms with E-state index >= 15 is 0 Å². The molecule has 0 fully saturated rings. The predicted molar refractivity (Wildman–Crippen MR) is 46.1 cm³/mol. The van der Waals surface area contributed by atoms with Crippen LogP contribution in [0.3, 0.4) is 0 Å². The summed E-state index contributed by atoms with van der Waals surface area (Å²) in [6, 6.07) is 1.68. The average Bonchev–Trinajstić information content (AvgIpc) is 2.03. The standard InChI is InChI=1S/C6H10N4S/c1-11-6-9-4(3-7)2-5(8)10-6/h2H,3,7H2,1H3,(H2,8,9,10). The molecule has 0 aliphatic carbocycles. The minimum absolute atomic E-state index is 0.403. The molecule has 4 nitrogen and oxygen atoms in total. The van der Waals surface area contributed by atoms with Gasteiger partial charge in [0.05, 0.1) is 5.69 Å². The Morgan fingerprint density at radius 1 is 1.55 bits per heavy atom. The van der Waals surface area contributed by atoms with Crippen LogP contribution in [0.5, 0.6) is 0 Å². The highest BCUT2D eigenvalue weighted by Gasteiger charge is 1.98. The summed E-state index contributed by atoms with van der Waals surface area (Å²) in [4.78, 5) is 8.09. The van der Waals surface area contributed by atoms with Gasteiger partial charge < -0.3 is 11.5 Å². The van der Waals surface area contributed by atoms with E-state index in [1.807, 2.05) is 6.26 Å². The third-order valence-electron chi connectivity index (χ3n) is 1.17. The normalized spacial score (nSPS) is 10.0. The number of anilines is 1. The van der Waals surface area contributed by atoms with Crippen LogP contribution >= 0.6 is 11.8 Å². The average molecular weight is 170 g/mol. The second kappa shape index (κ2) is 3.54. The van der Waals surface area contributed by atoms with Crippen molar-refractivity contribution in [2.24, 2.45) is 5.73 Å². The molecule has 11 heavy (non-hydrogen) atoms. The van der Waals surface area contributed by atoms with Crippen LogP contribution in [-0.2, 0) is 6.54 Å². The molecule has 1 rings (SSSR count). The van der Waals surface area contributed by atoms with Crippen molar-refractivity contribution in [1.29, 1.82) is 0 Å². The summed E-state index contributed by atoms with van der Waals surface area (Å²) in [7, 11) is 0. The van der Waals surface area contributed by atoms with Crippen molar-refractivity contribution in [3.05, 3.63) is 11.8 Å². The second-order valence-corrected chi connectivity index (χ2v) is 2.75. The third-order valence-corrected chi connectivity index (χ3v) is 1.72. The summed E-state index contributed by atoms with van der Waals surface area (Å²) in [5, 5.41) is 0.672. The van der Waals surface area contributed by atoms with E-state index in [1.54, 1.807) is 6.07 Å². The maximum Gasteiger partial charge on any atom is 0.189 e. The Balaban J connectivity index is 3.02. The van der Waals surface area contributed by atoms with Crippen molar-refractivity contribution in [1.82, 2.24) is 9.97 Å². The number of rotatable bonds is 2. The van der Waals surface area contributed by atoms with E-state index < -0.39 is 0 Å². The summed E-state index contributed by atoms with van der Waals surface area (Å²) in [6.07, 6.45) is 1.90. The Morgan fingerprint density at radius 2 is 2.27 bits per heavy atom. The lowest BCUT2D eigenvalue weighted by atomic mass is 10.4. The van der Waals surface area contributed by atoms with Gasteiger partial charge in [0.2, 0.25) is 0 Å². The number of nitrogen functional groups attached to an aromatic ring is 1. The summed E-state index contributed by atoms with van der Waals surface area (Å²) in [5.41, 5.74) is 11.7. The van der Waals surface area contributed by atoms with Crippen molar-refractivity contribution < 1.29 is 0 Å². The summed E-state index contributed by atoms with van der Waals surface area (Å²) in [6.45, 7) is 0.403. The molecule has 0 radical (unpaired) electrons. The summed E-state index contributed by atoms with van der Waals surface area (Å²) >= 11 is 1.45. The number of hydrogen-bond acceptors (Lipinski definition) is 5. The van der Waals surface area contributed by atoms with Gasteiger partial charge in [-0.3, -0.25) is 0 Å². The Morgan fingerprint density at radius 3 is 2.82 bits per heavy atom. The predicted octanol–water partition coefficient (Wildman–Crippen LogP) is 0.239. The van der Waals surface area contributed by atoms with Gasteiger partial charge in [-0.25, -0.2) is 9.97 Å². The number of nitrogens with zero attached hydrogens (tertiary/aromatic N) is 2. The molecule has 60 valence electrons. The zero-order valence-electron chi connectivity index (χ0n) is 6.24. The van der Waals surface area contributed by atoms with Crippen molar-refractivity contribution >= 4 is 17.6 Å². The quantitative estimate of drug-likeness (QED) is 0.491. The molecular formula is C6H10N4S. The fourth-order valence-electron chi connectivity index (χ4n) is 0.689. The molecule has 0 aliphatic rings. The van der Waals surface area contributed by atoms with E-state index in [0.29, 0.717) is 17.5 Å². The summed E-state index contributed by atoms with van der Waals surface area (Å²) < 4.78 is 0. The molecule has 0 bridgehead atoms. The second-order valence-electron chi connectivity index (χ2n) is 1.97. The lowest BCUT2D eigenvalue weighted by Gasteiger charge is -2.00. The van der Waals surface area contributed by atoms with Gasteiger partial charge in [0.1, 0.15) is 5.82 Å². The molecule has 1 heterocycles. The van der Waals surface area contributed by atoms with Gasteiger partial charge in [-0.15, -0.1) is 0 Å². The largest absolute Gasteiger partial charge is 0.384 e. The maximum atomic E-state index is 5.49. The molecule has 0 spiro atoms. The minimum Gasteiger partial charge on any atom is -0.384 e. The zero-order valence-corrected chi connectivity index (χ0v) is 7.06. The van der Waals surface area contributed by atoms with Crippen LogP contribution in [0.2, 0.25) is 0 Å². The highest BCUT2D eigenvalue weighted by Crippen LogP contribution is 2.11. The number of aromatic nitrogens is 2. The van der Waals surface area contributed by atoms with E-state index in [0.717, 1.165) is 5.69 Å². The van der Waals surface area contributed by atoms with Crippen LogP contribution in [0.4, 0.5) is 5.82 Å². The van der Waals surface area contributed by atoms with Gasteiger partial charge >= 0.3 is 0 Å². The van der Waals surface area contributed by atoms with E-state index in [1.165, 1.54) is 11.8 Å². The smallest absolute Gasteiger partial charge is 0.189 e. The number of nitrogens with two attached hydrogens (primary N) is 2. The fourth-order valence-corrected chi connectivity index (χ4v) is 1.09. The lowest BCUT2D eigenvalue weighted by Crippen LogP contribution is -2.03. The van der Waals surface area contributed by atoms with Gasteiger partial charge in [0, 0.05) is 12.6 Å². The highest BCUT2D eigenvalue weighted by molar-refractivity contribution is 7.98. The molecule has 4 N–H and O–H groups in total. The highest BCUT2D eigenvalue weighted by atomic mass is 32.2. The monoisotopic (exact) mass is 170 g/mol. The zero-order chi connectivity index (χ0) is 8.27. The minimum atomic E-state index is 0.403. The van der Waals surface area contributed by atoms with Crippen molar-refractivity contribution in [3.8, 4) is 0 Å². The van der Waals surface area contributed by atoms with Crippen LogP contribution in [0.1, 0.15) is 5.69 Å². The molecule has 0 atom stereocenters. The molecule has 1 aromatic rings. The first-order chi connectivity index (χ1) is 5.26. The SMILES string of the molecule is CSc1nc(N)cc(CN)n1. The first kappa shape index (κ1) is 8.29. The number of hydrogen-bond donors (Lipinski definition) is 2. The third kappa shape index (κ3) is 2.06. The van der Waals surface area contributed by atoms with E-state index in [9.17, 15) is 0 Å². The molecule has 5 heteroatoms. The van der Waals surface area contributed by atoms with E-state index in [2.05, 4.69) is 9.97 Å². The molecule has 0 saturated carbocycles. The molecule has 0 amide bonds. The van der Waals surface area contributed by atoms with E-state index in [4.69, 9.17) is 11.5 Å². The Hall–Kier alpha value is -0.810. The van der Waals surface area contributed by atoms with Gasteiger partial charge in [0.25, 0.3) is 0 Å². The van der Waals surface area contributed by atoms with E-state index in [-0.39, 0.29) is 0 Å². The van der Waals surface area contributed by atoms with Crippen molar-refractivity contribution in [2.75, 3.05) is 12.0 Å². The van der Waals surface area contributed by atoms with Crippen LogP contribution in [0.15, 0.2) is 11.2 Å². The lowest BCUT2D eigenvalue weighted by molar-refractivity contribution is 0.882. The van der Waals surface area contributed by atoms with Crippen molar-refractivity contribution in [3.63, 3.8) is 0 Å². The van der Waals surface area contributed by atoms with Crippen LogP contribution in [0.25, 0.3) is 0 Å². The topological polar surface area (TPSA) is 77.8 Å². The van der Waals surface area contributed by atoms with Crippen molar-refractivity contribution in [2.45, 2.75) is 11.7 Å². The molecule has 0 aromatic carbocycles. The fraction of sp³-hybridized carbons (Fsp3) is 0.333. The van der Waals surface area contributed by atoms with Gasteiger partial charge in [0.15, 0.2) is 5.16 Å². The first-order valence-electron chi connectivity index (χ1n) is 3.13. The molecule has 0 aliphatic heterocycles. The molecule has 1 aromatic heterocycles. The first-order valence-corrected chi connectivity index (χ1v) is 4.36. The maximum absolute atomic E-state index is 5.49. The Labute approximate surface area is 69.4 Å². The molecular weight excluding hydrogens is 160 g/mol. The molecule has 0 unspecified atom stereocenters. The van der Waals surface area contributed by atoms with Crippen LogP contribution in [0, 0.1) is 0 Å². The molecule has 0 saturated heterocycles. The van der Waals surface area contributed by atoms with Gasteiger partial charge in [-0.1, -0.05) is 11.8 Å². The Bertz CT molecular complexity index is 228. The van der Waals surface area contributed by atoms with Crippen LogP contribution < -0.4 is 11.5 Å². The van der Waals surface area contributed by atoms with Gasteiger partial charge in [-0.05, 0) is 6.26 Å². The number of thioether (sulfide) groups is 1. The Kier molecular flexibility index (Phi) is 2.67. The summed E-state index contributed by atoms with van der Waals surface area (Å²) in [5.74, 6) is 0.477.